The maximum absolute atomic E-state index is 13.2. The Labute approximate surface area is 195 Å². The first kappa shape index (κ1) is 24.4. The van der Waals surface area contributed by atoms with Gasteiger partial charge in [0, 0.05) is 26.2 Å². The van der Waals surface area contributed by atoms with E-state index in [-0.39, 0.29) is 11.8 Å². The number of ether oxygens (including phenoxy) is 1. The zero-order valence-corrected chi connectivity index (χ0v) is 19.9. The topological polar surface area (TPSA) is 61.9 Å². The first-order valence-corrected chi connectivity index (χ1v) is 13.0. The number of carbonyl (C=O) groups is 2. The fourth-order valence-electron chi connectivity index (χ4n) is 4.23. The van der Waals surface area contributed by atoms with Crippen LogP contribution in [-0.2, 0) is 9.53 Å². The molecule has 0 radical (unpaired) electrons. The van der Waals surface area contributed by atoms with E-state index >= 15 is 0 Å². The first-order chi connectivity index (χ1) is 15.1. The second-order valence-electron chi connectivity index (χ2n) is 8.30. The van der Waals surface area contributed by atoms with E-state index in [0.29, 0.717) is 22.9 Å². The Hall–Kier alpha value is -1.28. The number of benzene rings is 1. The van der Waals surface area contributed by atoms with Crippen LogP contribution in [-0.4, -0.2) is 85.6 Å². The maximum atomic E-state index is 13.2. The third kappa shape index (κ3) is 7.38. The quantitative estimate of drug-likeness (QED) is 0.604. The van der Waals surface area contributed by atoms with Gasteiger partial charge in [0.1, 0.15) is 6.04 Å². The molecule has 1 aromatic rings. The van der Waals surface area contributed by atoms with Crippen molar-refractivity contribution in [2.24, 2.45) is 5.92 Å². The van der Waals surface area contributed by atoms with Gasteiger partial charge in [0.25, 0.3) is 5.91 Å². The summed E-state index contributed by atoms with van der Waals surface area (Å²) in [6, 6.07) is 6.44. The van der Waals surface area contributed by atoms with Gasteiger partial charge in [0.15, 0.2) is 0 Å². The molecule has 1 unspecified atom stereocenters. The average Bonchev–Trinajstić information content (AvgIpc) is 2.81. The Morgan fingerprint density at radius 2 is 1.90 bits per heavy atom. The number of carbonyl (C=O) groups excluding carboxylic acids is 2. The second kappa shape index (κ2) is 12.7. The monoisotopic (exact) mass is 467 g/mol. The van der Waals surface area contributed by atoms with E-state index in [1.54, 1.807) is 36.0 Å². The molecule has 31 heavy (non-hydrogen) atoms. The normalized spacial score (nSPS) is 19.2. The molecular formula is C23H34ClN3O3S. The van der Waals surface area contributed by atoms with E-state index in [1.807, 2.05) is 11.2 Å². The lowest BCUT2D eigenvalue weighted by atomic mass is 9.92. The summed E-state index contributed by atoms with van der Waals surface area (Å²) in [5, 5.41) is 3.34. The number of piperidine rings is 1. The molecule has 2 fully saturated rings. The van der Waals surface area contributed by atoms with Crippen LogP contribution in [0.25, 0.3) is 0 Å². The van der Waals surface area contributed by atoms with Crippen molar-refractivity contribution in [2.75, 3.05) is 57.9 Å². The summed E-state index contributed by atoms with van der Waals surface area (Å²) in [5.41, 5.74) is 0.410. The molecular weight excluding hydrogens is 434 g/mol. The molecule has 1 atom stereocenters. The van der Waals surface area contributed by atoms with E-state index in [0.717, 1.165) is 64.5 Å². The van der Waals surface area contributed by atoms with Gasteiger partial charge in [-0.15, -0.1) is 0 Å². The van der Waals surface area contributed by atoms with Crippen LogP contribution in [0.2, 0.25) is 5.02 Å². The van der Waals surface area contributed by atoms with Crippen molar-refractivity contribution < 1.29 is 14.3 Å². The van der Waals surface area contributed by atoms with E-state index in [9.17, 15) is 9.59 Å². The van der Waals surface area contributed by atoms with Crippen molar-refractivity contribution in [3.8, 4) is 0 Å². The smallest absolute Gasteiger partial charge is 0.253 e. The molecule has 0 aliphatic carbocycles. The molecule has 1 aromatic carbocycles. The lowest BCUT2D eigenvalue weighted by molar-refractivity contribution is -0.134. The summed E-state index contributed by atoms with van der Waals surface area (Å²) in [5.74, 6) is 1.22. The van der Waals surface area contributed by atoms with Gasteiger partial charge < -0.3 is 15.0 Å². The van der Waals surface area contributed by atoms with Gasteiger partial charge in [0.2, 0.25) is 5.91 Å². The number of nitrogens with zero attached hydrogens (tertiary/aromatic N) is 2. The van der Waals surface area contributed by atoms with Crippen LogP contribution >= 0.6 is 23.4 Å². The van der Waals surface area contributed by atoms with E-state index in [4.69, 9.17) is 16.3 Å². The van der Waals surface area contributed by atoms with Gasteiger partial charge in [-0.25, -0.2) is 0 Å². The molecule has 3 rings (SSSR count). The SMILES string of the molecule is CSCCC(NC(=O)c1ccccc1Cl)C(=O)N1CCC(CCN2CCOCC2)CC1. The molecule has 2 heterocycles. The van der Waals surface area contributed by atoms with Crippen LogP contribution in [0.15, 0.2) is 24.3 Å². The van der Waals surface area contributed by atoms with Crippen molar-refractivity contribution in [2.45, 2.75) is 31.7 Å². The van der Waals surface area contributed by atoms with Crippen LogP contribution < -0.4 is 5.32 Å². The van der Waals surface area contributed by atoms with Crippen molar-refractivity contribution in [3.05, 3.63) is 34.9 Å². The highest BCUT2D eigenvalue weighted by molar-refractivity contribution is 7.98. The van der Waals surface area contributed by atoms with Gasteiger partial charge in [-0.2, -0.15) is 11.8 Å². The fourth-order valence-corrected chi connectivity index (χ4v) is 4.92. The van der Waals surface area contributed by atoms with Crippen molar-refractivity contribution >= 4 is 35.2 Å². The molecule has 1 N–H and O–H groups in total. The fraction of sp³-hybridized carbons (Fsp3) is 0.652. The number of likely N-dealkylation sites (tertiary alicyclic amines) is 1. The van der Waals surface area contributed by atoms with Crippen molar-refractivity contribution in [1.29, 1.82) is 0 Å². The minimum absolute atomic E-state index is 0.0288. The molecule has 0 saturated carbocycles. The molecule has 172 valence electrons. The lowest BCUT2D eigenvalue weighted by Crippen LogP contribution is -2.51. The van der Waals surface area contributed by atoms with Crippen LogP contribution in [0.4, 0.5) is 0 Å². The summed E-state index contributed by atoms with van der Waals surface area (Å²) in [6.07, 6.45) is 5.87. The average molecular weight is 468 g/mol. The summed E-state index contributed by atoms with van der Waals surface area (Å²) in [6.45, 7) is 6.38. The molecule has 2 aliphatic heterocycles. The molecule has 0 spiro atoms. The van der Waals surface area contributed by atoms with E-state index in [2.05, 4.69) is 10.2 Å². The zero-order chi connectivity index (χ0) is 22.1. The van der Waals surface area contributed by atoms with Gasteiger partial charge in [-0.1, -0.05) is 23.7 Å². The zero-order valence-electron chi connectivity index (χ0n) is 18.4. The Kier molecular flexibility index (Phi) is 9.96. The third-order valence-corrected chi connectivity index (χ3v) is 7.19. The summed E-state index contributed by atoms with van der Waals surface area (Å²) in [7, 11) is 0. The van der Waals surface area contributed by atoms with Crippen molar-refractivity contribution in [3.63, 3.8) is 0 Å². The number of hydrogen-bond donors (Lipinski definition) is 1. The van der Waals surface area contributed by atoms with Gasteiger partial charge in [-0.05, 0) is 62.3 Å². The Balaban J connectivity index is 1.50. The molecule has 0 bridgehead atoms. The molecule has 2 aliphatic rings. The predicted octanol–water partition coefficient (Wildman–Crippen LogP) is 3.15. The predicted molar refractivity (Wildman–Crippen MR) is 127 cm³/mol. The van der Waals surface area contributed by atoms with E-state index < -0.39 is 6.04 Å². The first-order valence-electron chi connectivity index (χ1n) is 11.2. The number of thioether (sulfide) groups is 1. The van der Waals surface area contributed by atoms with Crippen LogP contribution in [0, 0.1) is 5.92 Å². The Morgan fingerprint density at radius 3 is 2.58 bits per heavy atom. The standard InChI is InChI=1S/C23H34ClN3O3S/c1-31-17-9-21(25-22(28)19-4-2-3-5-20(19)24)23(29)27-11-7-18(8-12-27)6-10-26-13-15-30-16-14-26/h2-5,18,21H,6-17H2,1H3,(H,25,28). The number of morpholine rings is 1. The van der Waals surface area contributed by atoms with Crippen LogP contribution in [0.3, 0.4) is 0 Å². The molecule has 6 nitrogen and oxygen atoms in total. The highest BCUT2D eigenvalue weighted by Gasteiger charge is 2.29. The number of rotatable bonds is 9. The molecule has 2 saturated heterocycles. The lowest BCUT2D eigenvalue weighted by Gasteiger charge is -2.35. The van der Waals surface area contributed by atoms with Gasteiger partial charge >= 0.3 is 0 Å². The molecule has 2 amide bonds. The van der Waals surface area contributed by atoms with Crippen molar-refractivity contribution in [1.82, 2.24) is 15.1 Å². The summed E-state index contributed by atoms with van der Waals surface area (Å²) >= 11 is 7.85. The van der Waals surface area contributed by atoms with Crippen LogP contribution in [0.1, 0.15) is 36.0 Å². The van der Waals surface area contributed by atoms with Crippen LogP contribution in [0.5, 0.6) is 0 Å². The highest BCUT2D eigenvalue weighted by atomic mass is 35.5. The minimum atomic E-state index is -0.513. The third-order valence-electron chi connectivity index (χ3n) is 6.22. The van der Waals surface area contributed by atoms with Gasteiger partial charge in [0.05, 0.1) is 23.8 Å². The highest BCUT2D eigenvalue weighted by Crippen LogP contribution is 2.22. The summed E-state index contributed by atoms with van der Waals surface area (Å²) < 4.78 is 5.42. The summed E-state index contributed by atoms with van der Waals surface area (Å²) in [4.78, 5) is 30.4. The second-order valence-corrected chi connectivity index (χ2v) is 9.69. The Morgan fingerprint density at radius 1 is 1.19 bits per heavy atom. The largest absolute Gasteiger partial charge is 0.379 e. The Bertz CT molecular complexity index is 722. The number of amides is 2. The van der Waals surface area contributed by atoms with E-state index in [1.165, 1.54) is 6.42 Å². The number of nitrogens with one attached hydrogen (secondary N) is 1. The number of hydrogen-bond acceptors (Lipinski definition) is 5. The minimum Gasteiger partial charge on any atom is -0.379 e. The maximum Gasteiger partial charge on any atom is 0.253 e. The number of halogens is 1. The van der Waals surface area contributed by atoms with Gasteiger partial charge in [-0.3, -0.25) is 14.5 Å². The molecule has 0 aromatic heterocycles. The molecule has 8 heteroatoms.